The number of carbonyl (C=O) groups is 1. The van der Waals surface area contributed by atoms with E-state index >= 15 is 0 Å². The van der Waals surface area contributed by atoms with E-state index in [0.717, 1.165) is 5.56 Å². The van der Waals surface area contributed by atoms with Crippen molar-refractivity contribution in [1.82, 2.24) is 15.3 Å². The maximum atomic E-state index is 12.4. The molecule has 1 aromatic heterocycles. The van der Waals surface area contributed by atoms with Crippen molar-refractivity contribution in [2.45, 2.75) is 6.54 Å². The number of aromatic nitrogens is 2. The van der Waals surface area contributed by atoms with Gasteiger partial charge in [0, 0.05) is 16.6 Å². The Morgan fingerprint density at radius 2 is 1.81 bits per heavy atom. The summed E-state index contributed by atoms with van der Waals surface area (Å²) in [7, 11) is 1.51. The number of benzene rings is 3. The Bertz CT molecular complexity index is 1320. The minimum absolute atomic E-state index is 0.167. The number of para-hydroxylation sites is 1. The Morgan fingerprint density at radius 1 is 1.06 bits per heavy atom. The predicted molar refractivity (Wildman–Crippen MR) is 126 cm³/mol. The van der Waals surface area contributed by atoms with Crippen molar-refractivity contribution in [2.24, 2.45) is 0 Å². The van der Waals surface area contributed by atoms with Crippen LogP contribution in [0.25, 0.3) is 22.3 Å². The van der Waals surface area contributed by atoms with Gasteiger partial charge in [0.05, 0.1) is 18.0 Å². The fourth-order valence-corrected chi connectivity index (χ4v) is 3.70. The van der Waals surface area contributed by atoms with Gasteiger partial charge in [-0.15, -0.1) is 0 Å². The first kappa shape index (κ1) is 21.6. The Morgan fingerprint density at radius 3 is 2.59 bits per heavy atom. The first-order chi connectivity index (χ1) is 15.5. The van der Waals surface area contributed by atoms with Gasteiger partial charge in [-0.3, -0.25) is 9.59 Å². The van der Waals surface area contributed by atoms with E-state index in [1.165, 1.54) is 7.11 Å². The SMILES string of the molecule is COc1cc(-c2nc3ccccc3c(=O)[nH]2)c(Br)cc1OCC(=O)NCc1ccccc1. The Kier molecular flexibility index (Phi) is 6.51. The highest BCUT2D eigenvalue weighted by Crippen LogP contribution is 2.37. The van der Waals surface area contributed by atoms with E-state index in [0.29, 0.717) is 44.8 Å². The molecule has 4 aromatic rings. The Balaban J connectivity index is 1.52. The molecule has 4 rings (SSSR count). The van der Waals surface area contributed by atoms with Crippen LogP contribution in [0.2, 0.25) is 0 Å². The van der Waals surface area contributed by atoms with Crippen LogP contribution < -0.4 is 20.3 Å². The Hall–Kier alpha value is -3.65. The first-order valence-electron chi connectivity index (χ1n) is 9.85. The number of nitrogens with zero attached hydrogens (tertiary/aromatic N) is 1. The summed E-state index contributed by atoms with van der Waals surface area (Å²) in [5, 5.41) is 3.33. The van der Waals surface area contributed by atoms with Crippen molar-refractivity contribution in [3.8, 4) is 22.9 Å². The number of fused-ring (bicyclic) bond motifs is 1. The summed E-state index contributed by atoms with van der Waals surface area (Å²) in [6, 6.07) is 20.1. The van der Waals surface area contributed by atoms with Gasteiger partial charge in [-0.2, -0.15) is 0 Å². The van der Waals surface area contributed by atoms with Crippen LogP contribution in [0.5, 0.6) is 11.5 Å². The molecule has 0 radical (unpaired) electrons. The summed E-state index contributed by atoms with van der Waals surface area (Å²) in [6.07, 6.45) is 0. The van der Waals surface area contributed by atoms with Crippen molar-refractivity contribution in [2.75, 3.05) is 13.7 Å². The molecular formula is C24H20BrN3O4. The van der Waals surface area contributed by atoms with Crippen LogP contribution in [0.15, 0.2) is 76.0 Å². The summed E-state index contributed by atoms with van der Waals surface area (Å²) in [5.74, 6) is 0.943. The van der Waals surface area contributed by atoms with Crippen LogP contribution >= 0.6 is 15.9 Å². The van der Waals surface area contributed by atoms with Gasteiger partial charge in [-0.05, 0) is 45.8 Å². The van der Waals surface area contributed by atoms with Gasteiger partial charge in [0.2, 0.25) is 0 Å². The maximum Gasteiger partial charge on any atom is 0.259 e. The molecular weight excluding hydrogens is 474 g/mol. The number of hydrogen-bond acceptors (Lipinski definition) is 5. The van der Waals surface area contributed by atoms with Gasteiger partial charge in [0.15, 0.2) is 18.1 Å². The van der Waals surface area contributed by atoms with Crippen molar-refractivity contribution < 1.29 is 14.3 Å². The molecule has 0 bridgehead atoms. The normalized spacial score (nSPS) is 10.7. The molecule has 1 amide bonds. The number of rotatable bonds is 7. The number of nitrogens with one attached hydrogen (secondary N) is 2. The summed E-state index contributed by atoms with van der Waals surface area (Å²) in [5.41, 5.74) is 1.99. The van der Waals surface area contributed by atoms with E-state index in [1.807, 2.05) is 36.4 Å². The second-order valence-corrected chi connectivity index (χ2v) is 7.82. The number of carbonyl (C=O) groups excluding carboxylic acids is 1. The van der Waals surface area contributed by atoms with E-state index in [4.69, 9.17) is 9.47 Å². The molecule has 0 aliphatic heterocycles. The maximum absolute atomic E-state index is 12.4. The number of methoxy groups -OCH3 is 1. The third kappa shape index (κ3) is 4.81. The minimum atomic E-state index is -0.253. The fraction of sp³-hybridized carbons (Fsp3) is 0.125. The molecule has 0 saturated heterocycles. The molecule has 0 aliphatic carbocycles. The van der Waals surface area contributed by atoms with Gasteiger partial charge in [0.1, 0.15) is 5.82 Å². The molecule has 8 heteroatoms. The van der Waals surface area contributed by atoms with E-state index < -0.39 is 0 Å². The Labute approximate surface area is 192 Å². The molecule has 3 aromatic carbocycles. The second-order valence-electron chi connectivity index (χ2n) is 6.97. The largest absolute Gasteiger partial charge is 0.493 e. The third-order valence-corrected chi connectivity index (χ3v) is 5.47. The summed E-state index contributed by atoms with van der Waals surface area (Å²) in [6.45, 7) is 0.254. The zero-order chi connectivity index (χ0) is 22.5. The third-order valence-electron chi connectivity index (χ3n) is 4.81. The van der Waals surface area contributed by atoms with Crippen LogP contribution in [0, 0.1) is 0 Å². The van der Waals surface area contributed by atoms with Gasteiger partial charge < -0.3 is 19.8 Å². The lowest BCUT2D eigenvalue weighted by Gasteiger charge is -2.14. The van der Waals surface area contributed by atoms with Crippen LogP contribution in [-0.2, 0) is 11.3 Å². The monoisotopic (exact) mass is 493 g/mol. The van der Waals surface area contributed by atoms with Crippen molar-refractivity contribution in [1.29, 1.82) is 0 Å². The predicted octanol–water partition coefficient (Wildman–Crippen LogP) is 4.06. The molecule has 1 heterocycles. The summed E-state index contributed by atoms with van der Waals surface area (Å²) in [4.78, 5) is 32.0. The number of amides is 1. The molecule has 162 valence electrons. The van der Waals surface area contributed by atoms with E-state index in [2.05, 4.69) is 31.2 Å². The number of halogens is 1. The molecule has 0 atom stereocenters. The lowest BCUT2D eigenvalue weighted by molar-refractivity contribution is -0.123. The number of ether oxygens (including phenoxy) is 2. The molecule has 0 spiro atoms. The quantitative estimate of drug-likeness (QED) is 0.404. The zero-order valence-electron chi connectivity index (χ0n) is 17.2. The highest BCUT2D eigenvalue weighted by molar-refractivity contribution is 9.10. The average Bonchev–Trinajstić information content (AvgIpc) is 2.82. The smallest absolute Gasteiger partial charge is 0.259 e. The molecule has 0 saturated carbocycles. The van der Waals surface area contributed by atoms with E-state index in [1.54, 1.807) is 30.3 Å². The van der Waals surface area contributed by atoms with Crippen LogP contribution in [0.3, 0.4) is 0 Å². The average molecular weight is 494 g/mol. The molecule has 0 aliphatic rings. The molecule has 32 heavy (non-hydrogen) atoms. The molecule has 0 fully saturated rings. The van der Waals surface area contributed by atoms with Crippen LogP contribution in [0.4, 0.5) is 0 Å². The van der Waals surface area contributed by atoms with E-state index in [9.17, 15) is 9.59 Å². The fourth-order valence-electron chi connectivity index (χ4n) is 3.19. The summed E-state index contributed by atoms with van der Waals surface area (Å²) >= 11 is 3.51. The number of hydrogen-bond donors (Lipinski definition) is 2. The second kappa shape index (κ2) is 9.65. The minimum Gasteiger partial charge on any atom is -0.493 e. The molecule has 2 N–H and O–H groups in total. The topological polar surface area (TPSA) is 93.3 Å². The van der Waals surface area contributed by atoms with Gasteiger partial charge in [-0.25, -0.2) is 4.98 Å². The lowest BCUT2D eigenvalue weighted by Crippen LogP contribution is -2.28. The number of aromatic amines is 1. The van der Waals surface area contributed by atoms with Crippen molar-refractivity contribution >= 4 is 32.7 Å². The van der Waals surface area contributed by atoms with Gasteiger partial charge in [-0.1, -0.05) is 42.5 Å². The zero-order valence-corrected chi connectivity index (χ0v) is 18.8. The first-order valence-corrected chi connectivity index (χ1v) is 10.6. The molecule has 0 unspecified atom stereocenters. The van der Waals surface area contributed by atoms with Crippen LogP contribution in [-0.4, -0.2) is 29.6 Å². The van der Waals surface area contributed by atoms with E-state index in [-0.39, 0.29) is 18.1 Å². The van der Waals surface area contributed by atoms with Gasteiger partial charge in [0.25, 0.3) is 11.5 Å². The lowest BCUT2D eigenvalue weighted by atomic mass is 10.1. The van der Waals surface area contributed by atoms with Crippen molar-refractivity contribution in [3.63, 3.8) is 0 Å². The summed E-state index contributed by atoms with van der Waals surface area (Å²) < 4.78 is 11.8. The van der Waals surface area contributed by atoms with Crippen LogP contribution in [0.1, 0.15) is 5.56 Å². The highest BCUT2D eigenvalue weighted by atomic mass is 79.9. The standard InChI is InChI=1S/C24H20BrN3O4/c1-31-20-11-17(23-27-19-10-6-5-9-16(19)24(30)28-23)18(25)12-21(20)32-14-22(29)26-13-15-7-3-2-4-8-15/h2-12H,13-14H2,1H3,(H,26,29)(H,27,28,30). The van der Waals surface area contributed by atoms with Gasteiger partial charge >= 0.3 is 0 Å². The van der Waals surface area contributed by atoms with Crippen molar-refractivity contribution in [3.05, 3.63) is 87.1 Å². The highest BCUT2D eigenvalue weighted by Gasteiger charge is 2.16. The number of H-pyrrole nitrogens is 1. The molecule has 7 nitrogen and oxygen atoms in total.